The lowest BCUT2D eigenvalue weighted by Crippen LogP contribution is -2.33. The third-order valence-corrected chi connectivity index (χ3v) is 3.64. The van der Waals surface area contributed by atoms with Crippen LogP contribution in [0.15, 0.2) is 24.3 Å². The number of rotatable bonds is 6. The van der Waals surface area contributed by atoms with E-state index in [2.05, 4.69) is 17.6 Å². The van der Waals surface area contributed by atoms with Crippen LogP contribution in [0, 0.1) is 0 Å². The third-order valence-electron chi connectivity index (χ3n) is 3.64. The minimum absolute atomic E-state index is 0.0699. The Bertz CT molecular complexity index is 447. The highest BCUT2D eigenvalue weighted by atomic mass is 16.5. The highest BCUT2D eigenvalue weighted by Gasteiger charge is 2.20. The van der Waals surface area contributed by atoms with E-state index in [1.54, 1.807) is 0 Å². The Kier molecular flexibility index (Phi) is 6.02. The van der Waals surface area contributed by atoms with Crippen molar-refractivity contribution in [2.45, 2.75) is 38.3 Å². The molecule has 1 saturated heterocycles. The maximum Gasteiger partial charge on any atom is 0.250 e. The molecule has 5 heteroatoms. The number of carbonyl (C=O) groups is 1. The maximum atomic E-state index is 11.4. The monoisotopic (exact) mass is 292 g/mol. The molecule has 0 bridgehead atoms. The van der Waals surface area contributed by atoms with E-state index in [1.165, 1.54) is 7.11 Å². The van der Waals surface area contributed by atoms with Crippen molar-refractivity contribution in [1.82, 2.24) is 0 Å². The Balaban J connectivity index is 1.85. The second-order valence-corrected chi connectivity index (χ2v) is 5.33. The fraction of sp³-hybridized carbons (Fsp3) is 0.562. The summed E-state index contributed by atoms with van der Waals surface area (Å²) >= 11 is 0. The Morgan fingerprint density at radius 2 is 2.05 bits per heavy atom. The first-order chi connectivity index (χ1) is 10.2. The Labute approximate surface area is 126 Å². The van der Waals surface area contributed by atoms with Gasteiger partial charge in [-0.3, -0.25) is 4.79 Å². The number of nitrogens with one attached hydrogen (secondary N) is 2. The van der Waals surface area contributed by atoms with Gasteiger partial charge in [-0.1, -0.05) is 6.92 Å². The van der Waals surface area contributed by atoms with E-state index >= 15 is 0 Å². The van der Waals surface area contributed by atoms with Crippen LogP contribution in [0.5, 0.6) is 0 Å². The molecule has 0 radical (unpaired) electrons. The standard InChI is InChI=1S/C16H24N2O3/c1-3-15-10-14(8-9-21-15)17-12-4-6-13(7-5-12)18-16(19)11-20-2/h4-7,14-15,17H,3,8-11H2,1-2H3,(H,18,19). The lowest BCUT2D eigenvalue weighted by Gasteiger charge is -2.30. The molecule has 1 fully saturated rings. The number of amides is 1. The molecule has 0 saturated carbocycles. The van der Waals surface area contributed by atoms with Crippen LogP contribution in [0.2, 0.25) is 0 Å². The summed E-state index contributed by atoms with van der Waals surface area (Å²) in [5.74, 6) is -0.145. The van der Waals surface area contributed by atoms with Crippen LogP contribution in [0.25, 0.3) is 0 Å². The smallest absolute Gasteiger partial charge is 0.250 e. The first kappa shape index (κ1) is 15.8. The molecule has 21 heavy (non-hydrogen) atoms. The molecule has 0 spiro atoms. The zero-order chi connectivity index (χ0) is 15.1. The normalized spacial score (nSPS) is 21.8. The van der Waals surface area contributed by atoms with Gasteiger partial charge >= 0.3 is 0 Å². The van der Waals surface area contributed by atoms with E-state index < -0.39 is 0 Å². The van der Waals surface area contributed by atoms with Gasteiger partial charge in [-0.15, -0.1) is 0 Å². The molecule has 1 aromatic carbocycles. The topological polar surface area (TPSA) is 59.6 Å². The van der Waals surface area contributed by atoms with Crippen molar-refractivity contribution >= 4 is 17.3 Å². The molecule has 2 N–H and O–H groups in total. The van der Waals surface area contributed by atoms with Crippen LogP contribution in [-0.2, 0) is 14.3 Å². The lowest BCUT2D eigenvalue weighted by molar-refractivity contribution is -0.119. The average molecular weight is 292 g/mol. The van der Waals surface area contributed by atoms with Gasteiger partial charge in [-0.25, -0.2) is 0 Å². The summed E-state index contributed by atoms with van der Waals surface area (Å²) in [6.45, 7) is 3.05. The Morgan fingerprint density at radius 1 is 1.33 bits per heavy atom. The molecule has 0 aliphatic carbocycles. The first-order valence-electron chi connectivity index (χ1n) is 7.48. The summed E-state index contributed by atoms with van der Waals surface area (Å²) in [5, 5.41) is 6.31. The summed E-state index contributed by atoms with van der Waals surface area (Å²) in [4.78, 5) is 11.4. The molecule has 1 heterocycles. The fourth-order valence-electron chi connectivity index (χ4n) is 2.51. The number of hydrogen-bond donors (Lipinski definition) is 2. The summed E-state index contributed by atoms with van der Waals surface area (Å²) in [7, 11) is 1.50. The van der Waals surface area contributed by atoms with Crippen molar-refractivity contribution in [3.63, 3.8) is 0 Å². The molecule has 1 aromatic rings. The van der Waals surface area contributed by atoms with Gasteiger partial charge in [0, 0.05) is 31.1 Å². The number of hydrogen-bond acceptors (Lipinski definition) is 4. The quantitative estimate of drug-likeness (QED) is 0.846. The lowest BCUT2D eigenvalue weighted by atomic mass is 10.0. The zero-order valence-electron chi connectivity index (χ0n) is 12.7. The van der Waals surface area contributed by atoms with Gasteiger partial charge in [0.1, 0.15) is 6.61 Å². The third kappa shape index (κ3) is 5.02. The number of anilines is 2. The van der Waals surface area contributed by atoms with Crippen LogP contribution < -0.4 is 10.6 Å². The predicted molar refractivity (Wildman–Crippen MR) is 83.6 cm³/mol. The predicted octanol–water partition coefficient (Wildman–Crippen LogP) is 2.64. The Hall–Kier alpha value is -1.59. The first-order valence-corrected chi connectivity index (χ1v) is 7.48. The van der Waals surface area contributed by atoms with Gasteiger partial charge in [-0.2, -0.15) is 0 Å². The number of carbonyl (C=O) groups excluding carboxylic acids is 1. The molecule has 2 rings (SSSR count). The van der Waals surface area contributed by atoms with Crippen molar-refractivity contribution in [3.8, 4) is 0 Å². The van der Waals surface area contributed by atoms with E-state index in [0.29, 0.717) is 12.1 Å². The minimum Gasteiger partial charge on any atom is -0.382 e. The zero-order valence-corrected chi connectivity index (χ0v) is 12.7. The van der Waals surface area contributed by atoms with Crippen LogP contribution in [-0.4, -0.2) is 38.4 Å². The Morgan fingerprint density at radius 3 is 2.71 bits per heavy atom. The van der Waals surface area contributed by atoms with Crippen molar-refractivity contribution < 1.29 is 14.3 Å². The van der Waals surface area contributed by atoms with Gasteiger partial charge < -0.3 is 20.1 Å². The van der Waals surface area contributed by atoms with Crippen LogP contribution in [0.4, 0.5) is 11.4 Å². The molecule has 1 aliphatic rings. The number of ether oxygens (including phenoxy) is 2. The average Bonchev–Trinajstić information content (AvgIpc) is 2.50. The summed E-state index contributed by atoms with van der Waals surface area (Å²) < 4.78 is 10.5. The van der Waals surface area contributed by atoms with Crippen molar-refractivity contribution in [3.05, 3.63) is 24.3 Å². The molecule has 1 aliphatic heterocycles. The van der Waals surface area contributed by atoms with E-state index in [1.807, 2.05) is 24.3 Å². The van der Waals surface area contributed by atoms with E-state index in [4.69, 9.17) is 9.47 Å². The molecular weight excluding hydrogens is 268 g/mol. The van der Waals surface area contributed by atoms with Gasteiger partial charge in [0.25, 0.3) is 0 Å². The van der Waals surface area contributed by atoms with Crippen LogP contribution >= 0.6 is 0 Å². The van der Waals surface area contributed by atoms with Crippen molar-refractivity contribution in [1.29, 1.82) is 0 Å². The molecule has 1 amide bonds. The van der Waals surface area contributed by atoms with E-state index in [9.17, 15) is 4.79 Å². The molecule has 5 nitrogen and oxygen atoms in total. The molecular formula is C16H24N2O3. The summed E-state index contributed by atoms with van der Waals surface area (Å²) in [6, 6.07) is 8.22. The maximum absolute atomic E-state index is 11.4. The molecule has 0 aromatic heterocycles. The van der Waals surface area contributed by atoms with Crippen LogP contribution in [0.3, 0.4) is 0 Å². The van der Waals surface area contributed by atoms with Crippen LogP contribution in [0.1, 0.15) is 26.2 Å². The van der Waals surface area contributed by atoms with Gasteiger partial charge in [0.2, 0.25) is 5.91 Å². The fourth-order valence-corrected chi connectivity index (χ4v) is 2.51. The van der Waals surface area contributed by atoms with Crippen molar-refractivity contribution in [2.24, 2.45) is 0 Å². The van der Waals surface area contributed by atoms with Gasteiger partial charge in [0.15, 0.2) is 0 Å². The highest BCUT2D eigenvalue weighted by molar-refractivity contribution is 5.91. The summed E-state index contributed by atoms with van der Waals surface area (Å²) in [5.41, 5.74) is 1.85. The largest absolute Gasteiger partial charge is 0.382 e. The van der Waals surface area contributed by atoms with E-state index in [-0.39, 0.29) is 12.5 Å². The van der Waals surface area contributed by atoms with E-state index in [0.717, 1.165) is 37.2 Å². The number of methoxy groups -OCH3 is 1. The summed E-state index contributed by atoms with van der Waals surface area (Å²) in [6.07, 6.45) is 3.50. The molecule has 116 valence electrons. The number of benzene rings is 1. The second kappa shape index (κ2) is 8.00. The molecule has 2 atom stereocenters. The van der Waals surface area contributed by atoms with Gasteiger partial charge in [-0.05, 0) is 43.5 Å². The SMILES string of the molecule is CCC1CC(Nc2ccc(NC(=O)COC)cc2)CCO1. The van der Waals surface area contributed by atoms with Crippen molar-refractivity contribution in [2.75, 3.05) is 31.0 Å². The molecule has 2 unspecified atom stereocenters. The highest BCUT2D eigenvalue weighted by Crippen LogP contribution is 2.21. The van der Waals surface area contributed by atoms with Gasteiger partial charge in [0.05, 0.1) is 6.10 Å². The minimum atomic E-state index is -0.145. The second-order valence-electron chi connectivity index (χ2n) is 5.33.